The van der Waals surface area contributed by atoms with Gasteiger partial charge in [-0.2, -0.15) is 0 Å². The Morgan fingerprint density at radius 1 is 0.971 bits per heavy atom. The van der Waals surface area contributed by atoms with Crippen LogP contribution in [0.4, 0.5) is 5.69 Å². The van der Waals surface area contributed by atoms with Crippen LogP contribution in [0.3, 0.4) is 0 Å². The minimum atomic E-state index is -0.793. The number of amides is 1. The van der Waals surface area contributed by atoms with Crippen molar-refractivity contribution in [2.75, 3.05) is 18.6 Å². The summed E-state index contributed by atoms with van der Waals surface area (Å²) in [6.07, 6.45) is 0. The number of aliphatic hydroxyl groups is 1. The number of nitrogens with zero attached hydrogens (tertiary/aromatic N) is 1. The van der Waals surface area contributed by atoms with E-state index in [1.54, 1.807) is 55.6 Å². The van der Waals surface area contributed by atoms with Crippen molar-refractivity contribution in [3.05, 3.63) is 94.6 Å². The summed E-state index contributed by atoms with van der Waals surface area (Å²) in [6, 6.07) is 19.0. The molecule has 0 saturated carbocycles. The summed E-state index contributed by atoms with van der Waals surface area (Å²) in [6.45, 7) is 6.17. The van der Waals surface area contributed by atoms with Crippen molar-refractivity contribution in [1.82, 2.24) is 0 Å². The van der Waals surface area contributed by atoms with Gasteiger partial charge in [0.1, 0.15) is 17.3 Å². The highest BCUT2D eigenvalue weighted by molar-refractivity contribution is 6.51. The van der Waals surface area contributed by atoms with Crippen LogP contribution in [-0.2, 0) is 9.59 Å². The van der Waals surface area contributed by atoms with Gasteiger partial charge in [-0.1, -0.05) is 30.3 Å². The molecule has 6 nitrogen and oxygen atoms in total. The quantitative estimate of drug-likeness (QED) is 0.307. The van der Waals surface area contributed by atoms with Crippen molar-refractivity contribution in [3.63, 3.8) is 0 Å². The maximum absolute atomic E-state index is 13.3. The van der Waals surface area contributed by atoms with Crippen molar-refractivity contribution >= 4 is 23.1 Å². The average Bonchev–Trinajstić information content (AvgIpc) is 3.10. The van der Waals surface area contributed by atoms with Gasteiger partial charge in [0, 0.05) is 11.3 Å². The number of benzene rings is 3. The molecule has 4 rings (SSSR count). The number of para-hydroxylation sites is 1. The Balaban J connectivity index is 1.92. The van der Waals surface area contributed by atoms with E-state index in [0.29, 0.717) is 34.9 Å². The molecule has 34 heavy (non-hydrogen) atoms. The zero-order chi connectivity index (χ0) is 24.4. The highest BCUT2D eigenvalue weighted by atomic mass is 16.5. The van der Waals surface area contributed by atoms with Gasteiger partial charge in [-0.25, -0.2) is 0 Å². The van der Waals surface area contributed by atoms with Crippen LogP contribution in [-0.4, -0.2) is 30.5 Å². The summed E-state index contributed by atoms with van der Waals surface area (Å²) in [5.41, 5.74) is 3.46. The van der Waals surface area contributed by atoms with Gasteiger partial charge in [-0.05, 0) is 73.9 Å². The summed E-state index contributed by atoms with van der Waals surface area (Å²) in [7, 11) is 1.57. The summed E-state index contributed by atoms with van der Waals surface area (Å²) in [5, 5.41) is 11.3. The van der Waals surface area contributed by atoms with E-state index < -0.39 is 17.7 Å². The molecule has 3 aromatic rings. The first-order valence-corrected chi connectivity index (χ1v) is 11.1. The standard InChI is InChI=1S/C28H27NO5/c1-5-34-23-15-12-20(16-18(23)3)26(30)24-25(19-10-13-21(33-4)14-11-19)29(28(32)27(24)31)22-9-7-6-8-17(22)2/h6-16,25,30H,5H2,1-4H3/b26-24-. The number of aliphatic hydroxyl groups excluding tert-OH is 1. The Labute approximate surface area is 199 Å². The number of hydrogen-bond acceptors (Lipinski definition) is 5. The minimum Gasteiger partial charge on any atom is -0.507 e. The lowest BCUT2D eigenvalue weighted by atomic mass is 9.94. The molecular weight excluding hydrogens is 430 g/mol. The van der Waals surface area contributed by atoms with Gasteiger partial charge in [-0.3, -0.25) is 14.5 Å². The third-order valence-corrected chi connectivity index (χ3v) is 6.00. The molecule has 0 aliphatic carbocycles. The number of carbonyl (C=O) groups excluding carboxylic acids is 2. The number of carbonyl (C=O) groups is 2. The van der Waals surface area contributed by atoms with Crippen LogP contribution in [0.1, 0.15) is 35.2 Å². The van der Waals surface area contributed by atoms with E-state index in [4.69, 9.17) is 9.47 Å². The Morgan fingerprint density at radius 2 is 1.68 bits per heavy atom. The van der Waals surface area contributed by atoms with Crippen molar-refractivity contribution in [3.8, 4) is 11.5 Å². The first-order valence-electron chi connectivity index (χ1n) is 11.1. The average molecular weight is 458 g/mol. The normalized spacial score (nSPS) is 17.2. The van der Waals surface area contributed by atoms with E-state index in [1.165, 1.54) is 4.90 Å². The second-order valence-electron chi connectivity index (χ2n) is 8.14. The lowest BCUT2D eigenvalue weighted by Crippen LogP contribution is -2.30. The van der Waals surface area contributed by atoms with E-state index in [-0.39, 0.29) is 11.3 Å². The van der Waals surface area contributed by atoms with Gasteiger partial charge in [0.25, 0.3) is 11.7 Å². The maximum Gasteiger partial charge on any atom is 0.300 e. The molecule has 174 valence electrons. The molecule has 1 aliphatic rings. The van der Waals surface area contributed by atoms with E-state index >= 15 is 0 Å². The molecule has 3 aromatic carbocycles. The third kappa shape index (κ3) is 4.03. The molecule has 1 unspecified atom stereocenters. The van der Waals surface area contributed by atoms with Crippen molar-refractivity contribution in [2.45, 2.75) is 26.8 Å². The molecule has 1 heterocycles. The highest BCUT2D eigenvalue weighted by Crippen LogP contribution is 2.43. The van der Waals surface area contributed by atoms with Gasteiger partial charge in [0.2, 0.25) is 0 Å². The van der Waals surface area contributed by atoms with Crippen molar-refractivity contribution < 1.29 is 24.2 Å². The molecule has 0 radical (unpaired) electrons. The fourth-order valence-electron chi connectivity index (χ4n) is 4.29. The zero-order valence-corrected chi connectivity index (χ0v) is 19.7. The predicted octanol–water partition coefficient (Wildman–Crippen LogP) is 5.34. The zero-order valence-electron chi connectivity index (χ0n) is 19.7. The third-order valence-electron chi connectivity index (χ3n) is 6.00. The predicted molar refractivity (Wildman–Crippen MR) is 131 cm³/mol. The van der Waals surface area contributed by atoms with E-state index in [9.17, 15) is 14.7 Å². The number of hydrogen-bond donors (Lipinski definition) is 1. The second-order valence-corrected chi connectivity index (χ2v) is 8.14. The first-order chi connectivity index (χ1) is 16.4. The number of methoxy groups -OCH3 is 1. The molecule has 0 aromatic heterocycles. The molecule has 0 bridgehead atoms. The summed E-state index contributed by atoms with van der Waals surface area (Å²) in [5.74, 6) is -0.279. The van der Waals surface area contributed by atoms with Crippen LogP contribution in [0.2, 0.25) is 0 Å². The monoisotopic (exact) mass is 457 g/mol. The van der Waals surface area contributed by atoms with Crippen LogP contribution in [0.15, 0.2) is 72.3 Å². The molecule has 1 saturated heterocycles. The molecule has 1 atom stereocenters. The smallest absolute Gasteiger partial charge is 0.300 e. The Morgan fingerprint density at radius 3 is 2.29 bits per heavy atom. The number of ketones is 1. The Hall–Kier alpha value is -4.06. The molecule has 1 N–H and O–H groups in total. The Kier molecular flexibility index (Phi) is 6.41. The second kappa shape index (κ2) is 9.43. The van der Waals surface area contributed by atoms with Crippen molar-refractivity contribution in [1.29, 1.82) is 0 Å². The molecular formula is C28H27NO5. The fraction of sp³-hybridized carbons (Fsp3) is 0.214. The SMILES string of the molecule is CCOc1ccc(/C(O)=C2/C(=O)C(=O)N(c3ccccc3C)C2c2ccc(OC)cc2)cc1C. The summed E-state index contributed by atoms with van der Waals surface area (Å²) >= 11 is 0. The van der Waals surface area contributed by atoms with Crippen molar-refractivity contribution in [2.24, 2.45) is 0 Å². The van der Waals surface area contributed by atoms with E-state index in [1.807, 2.05) is 39.0 Å². The molecule has 1 amide bonds. The van der Waals surface area contributed by atoms with Gasteiger partial charge < -0.3 is 14.6 Å². The van der Waals surface area contributed by atoms with Gasteiger partial charge in [0.05, 0.1) is 25.3 Å². The van der Waals surface area contributed by atoms with Crippen LogP contribution in [0.5, 0.6) is 11.5 Å². The van der Waals surface area contributed by atoms with Gasteiger partial charge >= 0.3 is 0 Å². The van der Waals surface area contributed by atoms with Crippen LogP contribution in [0.25, 0.3) is 5.76 Å². The van der Waals surface area contributed by atoms with E-state index in [0.717, 1.165) is 11.1 Å². The lowest BCUT2D eigenvalue weighted by molar-refractivity contribution is -0.132. The molecule has 0 spiro atoms. The van der Waals surface area contributed by atoms with Crippen LogP contribution in [0, 0.1) is 13.8 Å². The topological polar surface area (TPSA) is 76.1 Å². The van der Waals surface area contributed by atoms with Crippen LogP contribution >= 0.6 is 0 Å². The summed E-state index contributed by atoms with van der Waals surface area (Å²) < 4.78 is 10.9. The molecule has 6 heteroatoms. The fourth-order valence-corrected chi connectivity index (χ4v) is 4.29. The largest absolute Gasteiger partial charge is 0.507 e. The number of ether oxygens (including phenoxy) is 2. The summed E-state index contributed by atoms with van der Waals surface area (Å²) in [4.78, 5) is 28.1. The highest BCUT2D eigenvalue weighted by Gasteiger charge is 2.47. The minimum absolute atomic E-state index is 0.0435. The number of anilines is 1. The molecule has 1 aliphatic heterocycles. The first kappa shape index (κ1) is 23.1. The molecule has 1 fully saturated rings. The Bertz CT molecular complexity index is 1280. The number of Topliss-reactive ketones (excluding diaryl/α,β-unsaturated/α-hetero) is 1. The number of aryl methyl sites for hydroxylation is 2. The van der Waals surface area contributed by atoms with E-state index in [2.05, 4.69) is 0 Å². The van der Waals surface area contributed by atoms with Crippen LogP contribution < -0.4 is 14.4 Å². The lowest BCUT2D eigenvalue weighted by Gasteiger charge is -2.27. The van der Waals surface area contributed by atoms with Gasteiger partial charge in [-0.15, -0.1) is 0 Å². The van der Waals surface area contributed by atoms with Gasteiger partial charge in [0.15, 0.2) is 0 Å². The maximum atomic E-state index is 13.3. The number of rotatable bonds is 6.